The number of nitro groups is 1. The summed E-state index contributed by atoms with van der Waals surface area (Å²) in [5.74, 6) is 0. The Kier molecular flexibility index (Phi) is 3.03. The third kappa shape index (κ3) is 2.87. The fourth-order valence-electron chi connectivity index (χ4n) is 0.853. The van der Waals surface area contributed by atoms with Crippen LogP contribution in [0.4, 0.5) is 0 Å². The lowest BCUT2D eigenvalue weighted by Gasteiger charge is -1.93. The Balaban J connectivity index is 2.92. The number of benzene rings is 1. The molecule has 0 amide bonds. The normalized spacial score (nSPS) is 11.4. The van der Waals surface area contributed by atoms with Gasteiger partial charge in [0.05, 0.1) is 4.92 Å². The Morgan fingerprint density at radius 1 is 1.46 bits per heavy atom. The first kappa shape index (κ1) is 9.74. The van der Waals surface area contributed by atoms with Gasteiger partial charge in [-0.05, 0) is 24.1 Å². The predicted octanol–water partition coefficient (Wildman–Crippen LogP) is 2.81. The van der Waals surface area contributed by atoms with Crippen LogP contribution in [0.3, 0.4) is 0 Å². The van der Waals surface area contributed by atoms with E-state index in [2.05, 4.69) is 0 Å². The second-order valence-corrected chi connectivity index (χ2v) is 3.02. The van der Waals surface area contributed by atoms with Crippen LogP contribution in [-0.2, 0) is 0 Å². The number of nitrogens with zero attached hydrogens (tertiary/aromatic N) is 1. The molecular weight excluding hydrogens is 190 g/mol. The SMILES string of the molecule is Cc1ccc(/C=C(/Cl)[N+](=O)[O-])cc1. The second-order valence-electron chi connectivity index (χ2n) is 2.63. The molecule has 0 aliphatic carbocycles. The molecule has 3 nitrogen and oxygen atoms in total. The lowest BCUT2D eigenvalue weighted by atomic mass is 10.1. The maximum atomic E-state index is 10.2. The fraction of sp³-hybridized carbons (Fsp3) is 0.111. The molecule has 0 saturated carbocycles. The van der Waals surface area contributed by atoms with E-state index in [0.29, 0.717) is 0 Å². The molecule has 1 aromatic rings. The molecule has 1 aromatic carbocycles. The Hall–Kier alpha value is -1.35. The van der Waals surface area contributed by atoms with Gasteiger partial charge in [-0.1, -0.05) is 29.8 Å². The molecule has 4 heteroatoms. The van der Waals surface area contributed by atoms with Crippen LogP contribution in [0.2, 0.25) is 0 Å². The Labute approximate surface area is 80.8 Å². The van der Waals surface area contributed by atoms with E-state index in [4.69, 9.17) is 11.6 Å². The molecule has 0 aliphatic heterocycles. The standard InChI is InChI=1S/C9H8ClNO2/c1-7-2-4-8(5-3-7)6-9(10)11(12)13/h2-6H,1H3/b9-6-. The Bertz CT molecular complexity index is 343. The molecular formula is C9H8ClNO2. The molecule has 68 valence electrons. The van der Waals surface area contributed by atoms with E-state index in [0.717, 1.165) is 11.1 Å². The quantitative estimate of drug-likeness (QED) is 0.416. The Morgan fingerprint density at radius 3 is 2.46 bits per heavy atom. The van der Waals surface area contributed by atoms with Crippen molar-refractivity contribution in [2.24, 2.45) is 0 Å². The van der Waals surface area contributed by atoms with Crippen molar-refractivity contribution in [3.8, 4) is 0 Å². The minimum atomic E-state index is -0.624. The number of hydrogen-bond acceptors (Lipinski definition) is 2. The van der Waals surface area contributed by atoms with Crippen LogP contribution >= 0.6 is 11.6 Å². The van der Waals surface area contributed by atoms with Crippen molar-refractivity contribution in [3.05, 3.63) is 50.7 Å². The van der Waals surface area contributed by atoms with Crippen molar-refractivity contribution >= 4 is 17.7 Å². The molecule has 0 N–H and O–H groups in total. The summed E-state index contributed by atoms with van der Waals surface area (Å²) >= 11 is 5.35. The monoisotopic (exact) mass is 197 g/mol. The van der Waals surface area contributed by atoms with Crippen molar-refractivity contribution < 1.29 is 4.92 Å². The highest BCUT2D eigenvalue weighted by Gasteiger charge is 2.04. The third-order valence-electron chi connectivity index (χ3n) is 1.54. The largest absolute Gasteiger partial charge is 0.337 e. The highest BCUT2D eigenvalue weighted by Crippen LogP contribution is 2.11. The van der Waals surface area contributed by atoms with Crippen LogP contribution in [0.15, 0.2) is 29.4 Å². The molecule has 13 heavy (non-hydrogen) atoms. The molecule has 0 heterocycles. The average molecular weight is 198 g/mol. The summed E-state index contributed by atoms with van der Waals surface area (Å²) in [7, 11) is 0. The summed E-state index contributed by atoms with van der Waals surface area (Å²) in [6.45, 7) is 1.95. The lowest BCUT2D eigenvalue weighted by Crippen LogP contribution is -1.90. The zero-order valence-corrected chi connectivity index (χ0v) is 7.78. The summed E-state index contributed by atoms with van der Waals surface area (Å²) < 4.78 is 0. The molecule has 0 spiro atoms. The van der Waals surface area contributed by atoms with Crippen LogP contribution in [0, 0.1) is 17.0 Å². The van der Waals surface area contributed by atoms with Gasteiger partial charge in [0.1, 0.15) is 0 Å². The number of hydrogen-bond donors (Lipinski definition) is 0. The van der Waals surface area contributed by atoms with Crippen LogP contribution in [0.5, 0.6) is 0 Å². The highest BCUT2D eigenvalue weighted by molar-refractivity contribution is 6.29. The fourth-order valence-corrected chi connectivity index (χ4v) is 0.979. The molecule has 0 saturated heterocycles. The van der Waals surface area contributed by atoms with Gasteiger partial charge in [-0.15, -0.1) is 0 Å². The van der Waals surface area contributed by atoms with Gasteiger partial charge < -0.3 is 0 Å². The third-order valence-corrected chi connectivity index (χ3v) is 1.78. The molecule has 0 unspecified atom stereocenters. The van der Waals surface area contributed by atoms with Crippen molar-refractivity contribution in [1.29, 1.82) is 0 Å². The minimum Gasteiger partial charge on any atom is -0.257 e. The maximum absolute atomic E-state index is 10.2. The van der Waals surface area contributed by atoms with E-state index in [-0.39, 0.29) is 5.16 Å². The minimum absolute atomic E-state index is 0.371. The van der Waals surface area contributed by atoms with Crippen LogP contribution in [-0.4, -0.2) is 4.92 Å². The maximum Gasteiger partial charge on any atom is 0.337 e. The van der Waals surface area contributed by atoms with Crippen LogP contribution in [0.1, 0.15) is 11.1 Å². The van der Waals surface area contributed by atoms with Crippen LogP contribution in [0.25, 0.3) is 6.08 Å². The first-order valence-corrected chi connectivity index (χ1v) is 4.05. The molecule has 0 radical (unpaired) electrons. The van der Waals surface area contributed by atoms with E-state index in [9.17, 15) is 10.1 Å². The summed E-state index contributed by atoms with van der Waals surface area (Å²) in [6.07, 6.45) is 1.32. The van der Waals surface area contributed by atoms with E-state index in [1.807, 2.05) is 19.1 Å². The zero-order chi connectivity index (χ0) is 9.84. The second kappa shape index (κ2) is 4.05. The van der Waals surface area contributed by atoms with E-state index in [1.54, 1.807) is 12.1 Å². The highest BCUT2D eigenvalue weighted by atomic mass is 35.5. The van der Waals surface area contributed by atoms with Gasteiger partial charge in [-0.2, -0.15) is 0 Å². The van der Waals surface area contributed by atoms with Crippen molar-refractivity contribution in [2.75, 3.05) is 0 Å². The zero-order valence-electron chi connectivity index (χ0n) is 7.03. The lowest BCUT2D eigenvalue weighted by molar-refractivity contribution is -0.410. The number of rotatable bonds is 2. The summed E-state index contributed by atoms with van der Waals surface area (Å²) in [6, 6.07) is 7.30. The van der Waals surface area contributed by atoms with Crippen molar-refractivity contribution in [3.63, 3.8) is 0 Å². The van der Waals surface area contributed by atoms with Crippen LogP contribution < -0.4 is 0 Å². The first-order valence-electron chi connectivity index (χ1n) is 3.68. The summed E-state index contributed by atoms with van der Waals surface area (Å²) in [5.41, 5.74) is 1.83. The van der Waals surface area contributed by atoms with E-state index >= 15 is 0 Å². The van der Waals surface area contributed by atoms with Crippen molar-refractivity contribution in [2.45, 2.75) is 6.92 Å². The topological polar surface area (TPSA) is 43.1 Å². The number of aryl methyl sites for hydroxylation is 1. The van der Waals surface area contributed by atoms with Gasteiger partial charge in [-0.25, -0.2) is 0 Å². The number of halogens is 1. The van der Waals surface area contributed by atoms with E-state index in [1.165, 1.54) is 6.08 Å². The first-order chi connectivity index (χ1) is 6.09. The average Bonchev–Trinajstić information content (AvgIpc) is 2.08. The molecule has 0 atom stereocenters. The molecule has 0 aromatic heterocycles. The molecule has 0 fully saturated rings. The molecule has 0 bridgehead atoms. The van der Waals surface area contributed by atoms with Gasteiger partial charge in [0.15, 0.2) is 0 Å². The summed E-state index contributed by atoms with van der Waals surface area (Å²) in [5, 5.41) is 9.80. The Morgan fingerprint density at radius 2 is 2.00 bits per heavy atom. The van der Waals surface area contributed by atoms with Crippen molar-refractivity contribution in [1.82, 2.24) is 0 Å². The molecule has 1 rings (SSSR count). The van der Waals surface area contributed by atoms with Gasteiger partial charge in [0.2, 0.25) is 0 Å². The van der Waals surface area contributed by atoms with Gasteiger partial charge in [0, 0.05) is 6.08 Å². The van der Waals surface area contributed by atoms with Gasteiger partial charge in [-0.3, -0.25) is 10.1 Å². The van der Waals surface area contributed by atoms with E-state index < -0.39 is 4.92 Å². The smallest absolute Gasteiger partial charge is 0.257 e. The van der Waals surface area contributed by atoms with Gasteiger partial charge >= 0.3 is 5.16 Å². The summed E-state index contributed by atoms with van der Waals surface area (Å²) in [4.78, 5) is 9.55. The molecule has 0 aliphatic rings. The van der Waals surface area contributed by atoms with Gasteiger partial charge in [0.25, 0.3) is 0 Å². The predicted molar refractivity (Wildman–Crippen MR) is 52.0 cm³/mol.